The third-order valence-corrected chi connectivity index (χ3v) is 4.44. The molecule has 20 heavy (non-hydrogen) atoms. The van der Waals surface area contributed by atoms with E-state index >= 15 is 0 Å². The van der Waals surface area contributed by atoms with E-state index in [2.05, 4.69) is 8.83 Å². The lowest BCUT2D eigenvalue weighted by molar-refractivity contribution is -0.339. The molecule has 1 unspecified atom stereocenters. The molecule has 0 aromatic carbocycles. The molecule has 1 saturated heterocycles. The van der Waals surface area contributed by atoms with Crippen LogP contribution >= 0.6 is 15.6 Å². The van der Waals surface area contributed by atoms with Gasteiger partial charge < -0.3 is 38.6 Å². The number of hydrogen-bond donors (Lipinski definition) is 0. The average Bonchev–Trinajstić information content (AvgIpc) is 2.71. The molecule has 0 aliphatic carbocycles. The molecule has 2 atom stereocenters. The Balaban J connectivity index is 2.57. The lowest BCUT2D eigenvalue weighted by Gasteiger charge is -2.35. The summed E-state index contributed by atoms with van der Waals surface area (Å²) in [4.78, 5) is 54.2. The standard InChI is InChI=1S/C7H13NO10P2/c9-6(8-3-1-2-5(8)7(10)11)4-17-20(15,16)18-19(12,13)14/h5H,1-4H2,(H,10,11)(H,15,16)(H2,12,13,14)/p-4/t5-/m1/s1. The summed E-state index contributed by atoms with van der Waals surface area (Å²) in [5.74, 6) is -2.51. The molecular weight excluding hydrogens is 320 g/mol. The number of carboxylic acids is 1. The number of aliphatic carboxylic acids is 1. The quantitative estimate of drug-likeness (QED) is 0.436. The molecule has 0 spiro atoms. The van der Waals surface area contributed by atoms with Crippen molar-refractivity contribution < 1.29 is 47.3 Å². The van der Waals surface area contributed by atoms with Gasteiger partial charge in [0.2, 0.25) is 5.91 Å². The highest BCUT2D eigenvalue weighted by Gasteiger charge is 2.30. The Morgan fingerprint density at radius 2 is 1.85 bits per heavy atom. The van der Waals surface area contributed by atoms with E-state index in [1.807, 2.05) is 0 Å². The van der Waals surface area contributed by atoms with Crippen LogP contribution in [0.5, 0.6) is 0 Å². The van der Waals surface area contributed by atoms with Crippen molar-refractivity contribution in [3.05, 3.63) is 0 Å². The van der Waals surface area contributed by atoms with Crippen molar-refractivity contribution in [2.75, 3.05) is 13.2 Å². The van der Waals surface area contributed by atoms with Gasteiger partial charge in [0.15, 0.2) is 0 Å². The third kappa shape index (κ3) is 5.29. The lowest BCUT2D eigenvalue weighted by atomic mass is 10.2. The van der Waals surface area contributed by atoms with Gasteiger partial charge in [-0.2, -0.15) is 0 Å². The molecule has 1 heterocycles. The molecule has 1 aliphatic heterocycles. The van der Waals surface area contributed by atoms with Crippen LogP contribution in [0, 0.1) is 0 Å². The number of hydrogen-bond acceptors (Lipinski definition) is 10. The van der Waals surface area contributed by atoms with E-state index in [1.54, 1.807) is 0 Å². The Morgan fingerprint density at radius 3 is 2.35 bits per heavy atom. The van der Waals surface area contributed by atoms with Crippen molar-refractivity contribution in [1.29, 1.82) is 0 Å². The summed E-state index contributed by atoms with van der Waals surface area (Å²) in [7, 11) is -11.3. The SMILES string of the molecule is O=C([O-])[C@H]1CCCN1C(=O)COP(=O)([O-])OP(=O)([O-])[O-]. The molecule has 0 N–H and O–H groups in total. The number of carbonyl (C=O) groups excluding carboxylic acids is 2. The van der Waals surface area contributed by atoms with Gasteiger partial charge in [-0.25, -0.2) is 0 Å². The monoisotopic (exact) mass is 329 g/mol. The predicted octanol–water partition coefficient (Wildman–Crippen LogP) is -3.94. The summed E-state index contributed by atoms with van der Waals surface area (Å²) in [5, 5.41) is 10.7. The molecule has 11 nitrogen and oxygen atoms in total. The largest absolute Gasteiger partial charge is 0.790 e. The molecule has 116 valence electrons. The first-order chi connectivity index (χ1) is 9.02. The van der Waals surface area contributed by atoms with Gasteiger partial charge >= 0.3 is 0 Å². The summed E-state index contributed by atoms with van der Waals surface area (Å²) in [6.07, 6.45) is 0.530. The maximum Gasteiger partial charge on any atom is 0.272 e. The first-order valence-electron chi connectivity index (χ1n) is 5.21. The number of phosphoric ester groups is 1. The predicted molar refractivity (Wildman–Crippen MR) is 52.0 cm³/mol. The minimum Gasteiger partial charge on any atom is -0.790 e. The van der Waals surface area contributed by atoms with Crippen molar-refractivity contribution >= 4 is 27.5 Å². The van der Waals surface area contributed by atoms with Crippen molar-refractivity contribution in [2.24, 2.45) is 0 Å². The van der Waals surface area contributed by atoms with Crippen molar-refractivity contribution in [2.45, 2.75) is 18.9 Å². The van der Waals surface area contributed by atoms with E-state index in [4.69, 9.17) is 0 Å². The van der Waals surface area contributed by atoms with Crippen LogP contribution in [-0.4, -0.2) is 36.0 Å². The van der Waals surface area contributed by atoms with E-state index in [0.717, 1.165) is 4.90 Å². The fourth-order valence-corrected chi connectivity index (χ4v) is 3.11. The third-order valence-electron chi connectivity index (χ3n) is 2.39. The highest BCUT2D eigenvalue weighted by Crippen LogP contribution is 2.50. The number of carbonyl (C=O) groups is 2. The van der Waals surface area contributed by atoms with Gasteiger partial charge in [0.25, 0.3) is 7.82 Å². The normalized spacial score (nSPS) is 22.6. The van der Waals surface area contributed by atoms with E-state index < -0.39 is 40.2 Å². The number of likely N-dealkylation sites (tertiary alicyclic amines) is 1. The van der Waals surface area contributed by atoms with E-state index in [9.17, 15) is 38.5 Å². The van der Waals surface area contributed by atoms with Gasteiger partial charge in [0, 0.05) is 6.54 Å². The maximum absolute atomic E-state index is 11.5. The van der Waals surface area contributed by atoms with Crippen LogP contribution < -0.4 is 19.8 Å². The van der Waals surface area contributed by atoms with Crippen molar-refractivity contribution in [3.63, 3.8) is 0 Å². The highest BCUT2D eigenvalue weighted by atomic mass is 31.3. The van der Waals surface area contributed by atoms with Gasteiger partial charge in [0.1, 0.15) is 6.61 Å². The fourth-order valence-electron chi connectivity index (χ4n) is 1.67. The molecule has 0 aromatic rings. The summed E-state index contributed by atoms with van der Waals surface area (Å²) < 4.78 is 28.0. The number of amides is 1. The molecule has 0 bridgehead atoms. The van der Waals surface area contributed by atoms with Crippen LogP contribution in [0.2, 0.25) is 0 Å². The van der Waals surface area contributed by atoms with Gasteiger partial charge in [0.05, 0.1) is 19.8 Å². The number of phosphoric acid groups is 2. The number of carboxylic acid groups (broad SMARTS) is 1. The molecule has 1 rings (SSSR count). The van der Waals surface area contributed by atoms with Crippen LogP contribution in [0.3, 0.4) is 0 Å². The topological polar surface area (TPSA) is 182 Å². The number of nitrogens with zero attached hydrogens (tertiary/aromatic N) is 1. The molecular formula is C7H9NO10P2-4. The van der Waals surface area contributed by atoms with E-state index in [-0.39, 0.29) is 13.0 Å². The second kappa shape index (κ2) is 6.31. The molecule has 1 fully saturated rings. The van der Waals surface area contributed by atoms with E-state index in [0.29, 0.717) is 6.42 Å². The van der Waals surface area contributed by atoms with Crippen LogP contribution in [0.25, 0.3) is 0 Å². The second-order valence-corrected chi connectivity index (χ2v) is 6.51. The smallest absolute Gasteiger partial charge is 0.272 e. The van der Waals surface area contributed by atoms with Crippen LogP contribution in [0.1, 0.15) is 12.8 Å². The Morgan fingerprint density at radius 1 is 1.25 bits per heavy atom. The zero-order chi connectivity index (χ0) is 15.6. The Hall–Kier alpha value is -0.800. The highest BCUT2D eigenvalue weighted by molar-refractivity contribution is 7.58. The summed E-state index contributed by atoms with van der Waals surface area (Å²) >= 11 is 0. The molecule has 1 aliphatic rings. The lowest BCUT2D eigenvalue weighted by Crippen LogP contribution is -2.48. The molecule has 13 heteroatoms. The molecule has 0 aromatic heterocycles. The van der Waals surface area contributed by atoms with E-state index in [1.165, 1.54) is 0 Å². The summed E-state index contributed by atoms with van der Waals surface area (Å²) in [6.45, 7) is -1.11. The first-order valence-corrected chi connectivity index (χ1v) is 8.13. The Bertz CT molecular complexity index is 486. The molecule has 0 radical (unpaired) electrons. The zero-order valence-electron chi connectivity index (χ0n) is 9.83. The van der Waals surface area contributed by atoms with Crippen LogP contribution in [0.15, 0.2) is 0 Å². The zero-order valence-corrected chi connectivity index (χ0v) is 11.6. The number of rotatable bonds is 6. The maximum atomic E-state index is 11.5. The first kappa shape index (κ1) is 17.3. The van der Waals surface area contributed by atoms with Crippen LogP contribution in [-0.2, 0) is 27.6 Å². The minimum absolute atomic E-state index is 0.0620. The average molecular weight is 329 g/mol. The van der Waals surface area contributed by atoms with Gasteiger partial charge in [-0.05, 0) is 12.8 Å². The Labute approximate surface area is 113 Å². The van der Waals surface area contributed by atoms with Crippen molar-refractivity contribution in [1.82, 2.24) is 4.90 Å². The van der Waals surface area contributed by atoms with Gasteiger partial charge in [-0.3, -0.25) is 13.7 Å². The summed E-state index contributed by atoms with van der Waals surface area (Å²) in [6, 6.07) is -1.21. The molecule has 1 amide bonds. The summed E-state index contributed by atoms with van der Waals surface area (Å²) in [5.41, 5.74) is 0. The van der Waals surface area contributed by atoms with Crippen LogP contribution in [0.4, 0.5) is 0 Å². The Kier molecular flexibility index (Phi) is 5.45. The molecule has 0 saturated carbocycles. The van der Waals surface area contributed by atoms with Crippen molar-refractivity contribution in [3.8, 4) is 0 Å². The second-order valence-electron chi connectivity index (χ2n) is 3.81. The fraction of sp³-hybridized carbons (Fsp3) is 0.714. The van der Waals surface area contributed by atoms with Gasteiger partial charge in [-0.15, -0.1) is 0 Å². The minimum atomic E-state index is -5.83. The van der Waals surface area contributed by atoms with Gasteiger partial charge in [-0.1, -0.05) is 0 Å².